The lowest BCUT2D eigenvalue weighted by Crippen LogP contribution is -2.45. The number of halogens is 3. The highest BCUT2D eigenvalue weighted by atomic mass is 19.4. The topological polar surface area (TPSA) is 59.0 Å². The molecule has 8 heteroatoms. The first kappa shape index (κ1) is 16.9. The fourth-order valence-corrected chi connectivity index (χ4v) is 3.54. The molecule has 0 saturated carbocycles. The van der Waals surface area contributed by atoms with Crippen LogP contribution in [0.5, 0.6) is 11.5 Å². The summed E-state index contributed by atoms with van der Waals surface area (Å²) in [5.41, 5.74) is -0.508. The number of alkyl halides is 3. The van der Waals surface area contributed by atoms with E-state index in [0.29, 0.717) is 17.1 Å². The molecule has 132 valence electrons. The summed E-state index contributed by atoms with van der Waals surface area (Å²) >= 11 is 0. The molecule has 1 fully saturated rings. The summed E-state index contributed by atoms with van der Waals surface area (Å²) in [7, 11) is 1.51. The van der Waals surface area contributed by atoms with Gasteiger partial charge in [-0.25, -0.2) is 0 Å². The standard InChI is InChI=1S/C16H18F3NO4/c1-23-10-2-3-11-12-7-20(5-4-16(17,18)19)8-15(12,14(21)22)9-24-13(11)6-10/h2-3,6,12H,4-5,7-9H2,1H3,(H,21,22)/t12-,15-/m0/s1. The fraction of sp³-hybridized carbons (Fsp3) is 0.562. The summed E-state index contributed by atoms with van der Waals surface area (Å²) in [6.45, 7) is 0.0514. The van der Waals surface area contributed by atoms with E-state index in [1.165, 1.54) is 7.11 Å². The fourth-order valence-electron chi connectivity index (χ4n) is 3.54. The van der Waals surface area contributed by atoms with Crippen LogP contribution >= 0.6 is 0 Å². The maximum absolute atomic E-state index is 12.5. The minimum atomic E-state index is -4.26. The van der Waals surface area contributed by atoms with Gasteiger partial charge in [-0.3, -0.25) is 4.79 Å². The molecule has 1 aromatic rings. The van der Waals surface area contributed by atoms with Crippen molar-refractivity contribution in [1.82, 2.24) is 4.90 Å². The number of carboxylic acids is 1. The first-order chi connectivity index (χ1) is 11.2. The lowest BCUT2D eigenvalue weighted by molar-refractivity contribution is -0.152. The molecule has 2 aliphatic rings. The summed E-state index contributed by atoms with van der Waals surface area (Å²) in [5, 5.41) is 9.72. The van der Waals surface area contributed by atoms with Crippen LogP contribution in [0, 0.1) is 5.41 Å². The Hall–Kier alpha value is -1.96. The van der Waals surface area contributed by atoms with E-state index >= 15 is 0 Å². The molecule has 2 heterocycles. The summed E-state index contributed by atoms with van der Waals surface area (Å²) in [5.74, 6) is -0.321. The van der Waals surface area contributed by atoms with Crippen molar-refractivity contribution < 1.29 is 32.5 Å². The molecule has 0 aromatic heterocycles. The van der Waals surface area contributed by atoms with Crippen LogP contribution < -0.4 is 9.47 Å². The Labute approximate surface area is 137 Å². The zero-order chi connectivity index (χ0) is 17.5. The lowest BCUT2D eigenvalue weighted by atomic mass is 9.73. The molecule has 0 aliphatic carbocycles. The summed E-state index contributed by atoms with van der Waals surface area (Å²) in [6.07, 6.45) is -5.21. The van der Waals surface area contributed by atoms with Gasteiger partial charge in [0.2, 0.25) is 0 Å². The Balaban J connectivity index is 1.88. The molecule has 5 nitrogen and oxygen atoms in total. The van der Waals surface area contributed by atoms with Crippen LogP contribution in [0.3, 0.4) is 0 Å². The zero-order valence-corrected chi connectivity index (χ0v) is 13.1. The smallest absolute Gasteiger partial charge is 0.390 e. The Bertz CT molecular complexity index is 649. The summed E-state index contributed by atoms with van der Waals surface area (Å²) < 4.78 is 48.2. The third kappa shape index (κ3) is 2.90. The molecule has 0 bridgehead atoms. The van der Waals surface area contributed by atoms with Gasteiger partial charge in [0.05, 0.1) is 13.5 Å². The van der Waals surface area contributed by atoms with Crippen LogP contribution in [0.25, 0.3) is 0 Å². The van der Waals surface area contributed by atoms with Gasteiger partial charge in [-0.15, -0.1) is 0 Å². The van der Waals surface area contributed by atoms with Crippen molar-refractivity contribution in [2.24, 2.45) is 5.41 Å². The maximum Gasteiger partial charge on any atom is 0.390 e. The molecule has 0 radical (unpaired) electrons. The molecule has 1 N–H and O–H groups in total. The number of rotatable bonds is 4. The second kappa shape index (κ2) is 5.84. The van der Waals surface area contributed by atoms with Gasteiger partial charge in [0.25, 0.3) is 0 Å². The second-order valence-corrected chi connectivity index (χ2v) is 6.31. The largest absolute Gasteiger partial charge is 0.497 e. The number of aliphatic carboxylic acids is 1. The summed E-state index contributed by atoms with van der Waals surface area (Å²) in [4.78, 5) is 13.4. The van der Waals surface area contributed by atoms with Crippen molar-refractivity contribution in [2.75, 3.05) is 33.4 Å². The highest BCUT2D eigenvalue weighted by Crippen LogP contribution is 2.50. The van der Waals surface area contributed by atoms with Gasteiger partial charge in [0.1, 0.15) is 23.5 Å². The molecule has 3 rings (SSSR count). The SMILES string of the molecule is COc1ccc2c(c1)OC[C@@]1(C(=O)O)CN(CCC(F)(F)F)C[C@@H]21. The monoisotopic (exact) mass is 345 g/mol. The molecule has 2 aliphatic heterocycles. The first-order valence-electron chi connectivity index (χ1n) is 7.58. The van der Waals surface area contributed by atoms with E-state index in [1.807, 2.05) is 0 Å². The van der Waals surface area contributed by atoms with Crippen molar-refractivity contribution in [3.63, 3.8) is 0 Å². The minimum absolute atomic E-state index is 0.0501. The number of nitrogens with zero attached hydrogens (tertiary/aromatic N) is 1. The number of ether oxygens (including phenoxy) is 2. The molecule has 24 heavy (non-hydrogen) atoms. The van der Waals surface area contributed by atoms with E-state index in [0.717, 1.165) is 0 Å². The van der Waals surface area contributed by atoms with Crippen molar-refractivity contribution in [1.29, 1.82) is 0 Å². The van der Waals surface area contributed by atoms with Crippen molar-refractivity contribution >= 4 is 5.97 Å². The van der Waals surface area contributed by atoms with Gasteiger partial charge in [-0.2, -0.15) is 13.2 Å². The lowest BCUT2D eigenvalue weighted by Gasteiger charge is -2.36. The Kier molecular flexibility index (Phi) is 4.11. The van der Waals surface area contributed by atoms with Crippen molar-refractivity contribution in [3.05, 3.63) is 23.8 Å². The number of likely N-dealkylation sites (tertiary alicyclic amines) is 1. The Morgan fingerprint density at radius 3 is 2.88 bits per heavy atom. The molecular formula is C16H18F3NO4. The Morgan fingerprint density at radius 1 is 1.50 bits per heavy atom. The number of carboxylic acid groups (broad SMARTS) is 1. The van der Waals surface area contributed by atoms with Gasteiger partial charge < -0.3 is 19.5 Å². The number of methoxy groups -OCH3 is 1. The third-order valence-corrected chi connectivity index (χ3v) is 4.83. The molecule has 1 aromatic carbocycles. The highest BCUT2D eigenvalue weighted by Gasteiger charge is 2.56. The number of carbonyl (C=O) groups is 1. The van der Waals surface area contributed by atoms with Crippen molar-refractivity contribution in [3.8, 4) is 11.5 Å². The van der Waals surface area contributed by atoms with E-state index in [-0.39, 0.29) is 26.2 Å². The van der Waals surface area contributed by atoms with Crippen LogP contribution in [-0.2, 0) is 4.79 Å². The molecule has 0 spiro atoms. The number of fused-ring (bicyclic) bond motifs is 3. The second-order valence-electron chi connectivity index (χ2n) is 6.31. The van der Waals surface area contributed by atoms with E-state index in [9.17, 15) is 23.1 Å². The average molecular weight is 345 g/mol. The van der Waals surface area contributed by atoms with Gasteiger partial charge in [0, 0.05) is 37.2 Å². The average Bonchev–Trinajstić information content (AvgIpc) is 2.92. The highest BCUT2D eigenvalue weighted by molar-refractivity contribution is 5.78. The van der Waals surface area contributed by atoms with Crippen LogP contribution in [-0.4, -0.2) is 55.5 Å². The minimum Gasteiger partial charge on any atom is -0.497 e. The normalized spacial score (nSPS) is 26.4. The predicted octanol–water partition coefficient (Wildman–Crippen LogP) is 2.51. The molecular weight excluding hydrogens is 327 g/mol. The van der Waals surface area contributed by atoms with Crippen LogP contribution in [0.4, 0.5) is 13.2 Å². The van der Waals surface area contributed by atoms with Crippen LogP contribution in [0.1, 0.15) is 17.9 Å². The number of benzene rings is 1. The quantitative estimate of drug-likeness (QED) is 0.909. The maximum atomic E-state index is 12.5. The number of hydrogen-bond acceptors (Lipinski definition) is 4. The summed E-state index contributed by atoms with van der Waals surface area (Å²) in [6, 6.07) is 5.13. The van der Waals surface area contributed by atoms with Gasteiger partial charge in [-0.05, 0) is 6.07 Å². The van der Waals surface area contributed by atoms with E-state index in [1.54, 1.807) is 23.1 Å². The van der Waals surface area contributed by atoms with Crippen LogP contribution in [0.15, 0.2) is 18.2 Å². The molecule has 2 atom stereocenters. The Morgan fingerprint density at radius 2 is 2.25 bits per heavy atom. The van der Waals surface area contributed by atoms with Gasteiger partial charge >= 0.3 is 12.1 Å². The van der Waals surface area contributed by atoms with Crippen LogP contribution in [0.2, 0.25) is 0 Å². The molecule has 0 amide bonds. The third-order valence-electron chi connectivity index (χ3n) is 4.83. The van der Waals surface area contributed by atoms with Gasteiger partial charge in [-0.1, -0.05) is 6.07 Å². The first-order valence-corrected chi connectivity index (χ1v) is 7.58. The van der Waals surface area contributed by atoms with E-state index in [2.05, 4.69) is 0 Å². The van der Waals surface area contributed by atoms with Crippen molar-refractivity contribution in [2.45, 2.75) is 18.5 Å². The predicted molar refractivity (Wildman–Crippen MR) is 78.4 cm³/mol. The molecule has 0 unspecified atom stereocenters. The van der Waals surface area contributed by atoms with Gasteiger partial charge in [0.15, 0.2) is 0 Å². The van der Waals surface area contributed by atoms with E-state index < -0.39 is 29.9 Å². The molecule has 1 saturated heterocycles. The number of hydrogen-bond donors (Lipinski definition) is 1. The van der Waals surface area contributed by atoms with E-state index in [4.69, 9.17) is 9.47 Å². The zero-order valence-electron chi connectivity index (χ0n) is 13.1.